The number of benzene rings is 1. The van der Waals surface area contributed by atoms with E-state index in [0.717, 1.165) is 32.4 Å². The van der Waals surface area contributed by atoms with Gasteiger partial charge in [-0.05, 0) is 60.1 Å². The van der Waals surface area contributed by atoms with Crippen molar-refractivity contribution in [3.05, 3.63) is 34.4 Å². The summed E-state index contributed by atoms with van der Waals surface area (Å²) in [7, 11) is 0. The van der Waals surface area contributed by atoms with E-state index in [1.54, 1.807) is 12.1 Å². The first kappa shape index (κ1) is 15.1. The first-order chi connectivity index (χ1) is 9.70. The fourth-order valence-corrected chi connectivity index (χ4v) is 2.01. The molecule has 0 saturated carbocycles. The van der Waals surface area contributed by atoms with Crippen LogP contribution in [-0.2, 0) is 6.42 Å². The Morgan fingerprint density at radius 2 is 2.15 bits per heavy atom. The van der Waals surface area contributed by atoms with Gasteiger partial charge in [0.1, 0.15) is 5.82 Å². The quantitative estimate of drug-likeness (QED) is 0.782. The Kier molecular flexibility index (Phi) is 5.67. The third-order valence-electron chi connectivity index (χ3n) is 2.80. The van der Waals surface area contributed by atoms with Crippen molar-refractivity contribution in [1.82, 2.24) is 15.5 Å². The molecule has 0 aliphatic heterocycles. The lowest BCUT2D eigenvalue weighted by Crippen LogP contribution is -2.16. The number of aryl methyl sites for hydroxylation is 1. The standard InChI is InChI=1S/C14H17BrFN3O/c1-2-7-17-8-3-4-13-18-19-14(20-13)10-5-6-11(15)12(16)9-10/h5-6,9,17H,2-4,7-8H2,1H3. The minimum absolute atomic E-state index is 0.342. The number of hydrogen-bond acceptors (Lipinski definition) is 4. The first-order valence-corrected chi connectivity index (χ1v) is 7.48. The van der Waals surface area contributed by atoms with Gasteiger partial charge in [0, 0.05) is 12.0 Å². The summed E-state index contributed by atoms with van der Waals surface area (Å²) >= 11 is 3.11. The van der Waals surface area contributed by atoms with Crippen LogP contribution in [0, 0.1) is 5.82 Å². The topological polar surface area (TPSA) is 51.0 Å². The first-order valence-electron chi connectivity index (χ1n) is 6.69. The summed E-state index contributed by atoms with van der Waals surface area (Å²) < 4.78 is 19.4. The van der Waals surface area contributed by atoms with Crippen molar-refractivity contribution in [3.63, 3.8) is 0 Å². The van der Waals surface area contributed by atoms with Crippen LogP contribution in [0.1, 0.15) is 25.7 Å². The number of hydrogen-bond donors (Lipinski definition) is 1. The second kappa shape index (κ2) is 7.50. The van der Waals surface area contributed by atoms with E-state index >= 15 is 0 Å². The fourth-order valence-electron chi connectivity index (χ4n) is 1.77. The number of nitrogens with zero attached hydrogens (tertiary/aromatic N) is 2. The van der Waals surface area contributed by atoms with Gasteiger partial charge in [-0.2, -0.15) is 0 Å². The van der Waals surface area contributed by atoms with Crippen LogP contribution in [0.15, 0.2) is 27.1 Å². The van der Waals surface area contributed by atoms with E-state index in [2.05, 4.69) is 38.4 Å². The van der Waals surface area contributed by atoms with Gasteiger partial charge in [-0.15, -0.1) is 10.2 Å². The minimum atomic E-state index is -0.342. The molecule has 20 heavy (non-hydrogen) atoms. The average Bonchev–Trinajstić information content (AvgIpc) is 2.90. The molecule has 0 bridgehead atoms. The number of aromatic nitrogens is 2. The molecule has 108 valence electrons. The highest BCUT2D eigenvalue weighted by Gasteiger charge is 2.10. The van der Waals surface area contributed by atoms with Crippen molar-refractivity contribution in [2.45, 2.75) is 26.2 Å². The number of rotatable bonds is 7. The maximum atomic E-state index is 13.4. The average molecular weight is 342 g/mol. The lowest BCUT2D eigenvalue weighted by atomic mass is 10.2. The summed E-state index contributed by atoms with van der Waals surface area (Å²) in [6, 6.07) is 4.75. The molecular formula is C14H17BrFN3O. The molecule has 0 aliphatic rings. The zero-order valence-electron chi connectivity index (χ0n) is 11.3. The normalized spacial score (nSPS) is 10.9. The summed E-state index contributed by atoms with van der Waals surface area (Å²) in [6.07, 6.45) is 2.79. The Bertz CT molecular complexity index is 559. The molecule has 1 heterocycles. The Hall–Kier alpha value is -1.27. The highest BCUT2D eigenvalue weighted by molar-refractivity contribution is 9.10. The van der Waals surface area contributed by atoms with Crippen LogP contribution in [-0.4, -0.2) is 23.3 Å². The van der Waals surface area contributed by atoms with Crippen molar-refractivity contribution in [2.24, 2.45) is 0 Å². The highest BCUT2D eigenvalue weighted by atomic mass is 79.9. The molecule has 0 fully saturated rings. The molecule has 4 nitrogen and oxygen atoms in total. The monoisotopic (exact) mass is 341 g/mol. The Labute approximate surface area is 125 Å². The second-order valence-electron chi connectivity index (χ2n) is 4.48. The van der Waals surface area contributed by atoms with E-state index in [4.69, 9.17) is 4.42 Å². The van der Waals surface area contributed by atoms with Gasteiger partial charge in [0.15, 0.2) is 0 Å². The van der Waals surface area contributed by atoms with Crippen molar-refractivity contribution >= 4 is 15.9 Å². The highest BCUT2D eigenvalue weighted by Crippen LogP contribution is 2.23. The molecule has 0 radical (unpaired) electrons. The number of nitrogens with one attached hydrogen (secondary N) is 1. The Balaban J connectivity index is 1.93. The molecule has 1 aromatic carbocycles. The maximum Gasteiger partial charge on any atom is 0.247 e. The van der Waals surface area contributed by atoms with Gasteiger partial charge in [-0.1, -0.05) is 6.92 Å². The van der Waals surface area contributed by atoms with Crippen molar-refractivity contribution < 1.29 is 8.81 Å². The van der Waals surface area contributed by atoms with E-state index in [0.29, 0.717) is 21.8 Å². The molecule has 0 amide bonds. The smallest absolute Gasteiger partial charge is 0.247 e. The van der Waals surface area contributed by atoms with Crippen LogP contribution in [0.5, 0.6) is 0 Å². The molecule has 1 N–H and O–H groups in total. The van der Waals surface area contributed by atoms with E-state index in [-0.39, 0.29) is 5.82 Å². The molecule has 0 atom stereocenters. The van der Waals surface area contributed by atoms with Gasteiger partial charge in [0.05, 0.1) is 4.47 Å². The molecule has 0 saturated heterocycles. The summed E-state index contributed by atoms with van der Waals surface area (Å²) in [6.45, 7) is 4.08. The molecule has 0 aliphatic carbocycles. The lowest BCUT2D eigenvalue weighted by molar-refractivity contribution is 0.490. The van der Waals surface area contributed by atoms with Crippen LogP contribution < -0.4 is 5.32 Å². The summed E-state index contributed by atoms with van der Waals surface area (Å²) in [5.41, 5.74) is 0.591. The van der Waals surface area contributed by atoms with Gasteiger partial charge in [0.2, 0.25) is 11.8 Å². The predicted molar refractivity (Wildman–Crippen MR) is 78.9 cm³/mol. The molecule has 0 spiro atoms. The van der Waals surface area contributed by atoms with Crippen molar-refractivity contribution in [3.8, 4) is 11.5 Å². The predicted octanol–water partition coefficient (Wildman–Crippen LogP) is 3.57. The Morgan fingerprint density at radius 1 is 1.30 bits per heavy atom. The molecule has 2 rings (SSSR count). The molecular weight excluding hydrogens is 325 g/mol. The third kappa shape index (κ3) is 4.11. The van der Waals surface area contributed by atoms with E-state index in [9.17, 15) is 4.39 Å². The summed E-state index contributed by atoms with van der Waals surface area (Å²) in [5, 5.41) is 11.2. The fraction of sp³-hybridized carbons (Fsp3) is 0.429. The van der Waals surface area contributed by atoms with Crippen molar-refractivity contribution in [2.75, 3.05) is 13.1 Å². The zero-order valence-corrected chi connectivity index (χ0v) is 12.9. The zero-order chi connectivity index (χ0) is 14.4. The van der Waals surface area contributed by atoms with Gasteiger partial charge in [-0.25, -0.2) is 4.39 Å². The molecule has 1 aromatic heterocycles. The third-order valence-corrected chi connectivity index (χ3v) is 3.45. The van der Waals surface area contributed by atoms with Crippen LogP contribution in [0.4, 0.5) is 4.39 Å². The van der Waals surface area contributed by atoms with E-state index in [1.165, 1.54) is 6.07 Å². The van der Waals surface area contributed by atoms with Crippen LogP contribution in [0.3, 0.4) is 0 Å². The van der Waals surface area contributed by atoms with Crippen LogP contribution >= 0.6 is 15.9 Å². The van der Waals surface area contributed by atoms with Gasteiger partial charge < -0.3 is 9.73 Å². The van der Waals surface area contributed by atoms with Crippen LogP contribution in [0.2, 0.25) is 0 Å². The lowest BCUT2D eigenvalue weighted by Gasteiger charge is -2.00. The summed E-state index contributed by atoms with van der Waals surface area (Å²) in [5.74, 6) is 0.598. The molecule has 0 unspecified atom stereocenters. The van der Waals surface area contributed by atoms with Crippen LogP contribution in [0.25, 0.3) is 11.5 Å². The molecule has 6 heteroatoms. The van der Waals surface area contributed by atoms with E-state index < -0.39 is 0 Å². The minimum Gasteiger partial charge on any atom is -0.421 e. The second-order valence-corrected chi connectivity index (χ2v) is 5.34. The van der Waals surface area contributed by atoms with Gasteiger partial charge >= 0.3 is 0 Å². The summed E-state index contributed by atoms with van der Waals surface area (Å²) in [4.78, 5) is 0. The van der Waals surface area contributed by atoms with Crippen molar-refractivity contribution in [1.29, 1.82) is 0 Å². The van der Waals surface area contributed by atoms with Gasteiger partial charge in [0.25, 0.3) is 0 Å². The maximum absolute atomic E-state index is 13.4. The molecule has 2 aromatic rings. The van der Waals surface area contributed by atoms with Gasteiger partial charge in [-0.3, -0.25) is 0 Å². The number of halogens is 2. The largest absolute Gasteiger partial charge is 0.421 e. The SMILES string of the molecule is CCCNCCCc1nnc(-c2ccc(Br)c(F)c2)o1. The van der Waals surface area contributed by atoms with E-state index in [1.807, 2.05) is 0 Å². The Morgan fingerprint density at radius 3 is 2.90 bits per heavy atom.